The molecule has 1 nitrogen and oxygen atoms in total. The zero-order valence-corrected chi connectivity index (χ0v) is 22.4. The Hall–Kier alpha value is -5.66. The molecule has 1 heteroatoms. The lowest BCUT2D eigenvalue weighted by atomic mass is 9.85. The molecule has 9 aromatic rings. The van der Waals surface area contributed by atoms with E-state index >= 15 is 0 Å². The van der Waals surface area contributed by atoms with Crippen molar-refractivity contribution in [2.24, 2.45) is 0 Å². The fourth-order valence-electron chi connectivity index (χ4n) is 5.86. The summed E-state index contributed by atoms with van der Waals surface area (Å²) in [6.45, 7) is 0. The van der Waals surface area contributed by atoms with Crippen molar-refractivity contribution in [3.63, 3.8) is 0 Å². The van der Waals surface area contributed by atoms with Gasteiger partial charge in [0.15, 0.2) is 0 Å². The first kappa shape index (κ1) is 14.5. The Bertz CT molecular complexity index is 3170. The zero-order valence-electron chi connectivity index (χ0n) is 35.4. The Morgan fingerprint density at radius 3 is 1.60 bits per heavy atom. The van der Waals surface area contributed by atoms with E-state index in [2.05, 4.69) is 0 Å². The van der Waals surface area contributed by atoms with Crippen LogP contribution in [0.4, 0.5) is 0 Å². The third-order valence-electron chi connectivity index (χ3n) is 7.75. The second-order valence-electron chi connectivity index (χ2n) is 10.2. The van der Waals surface area contributed by atoms with Gasteiger partial charge < -0.3 is 4.42 Å². The number of hydrogen-bond acceptors (Lipinski definition) is 1. The van der Waals surface area contributed by atoms with Crippen molar-refractivity contribution in [2.75, 3.05) is 0 Å². The average molecular weight is 560 g/mol. The summed E-state index contributed by atoms with van der Waals surface area (Å²) in [5.41, 5.74) is 1.32. The van der Waals surface area contributed by atoms with E-state index in [0.717, 1.165) is 0 Å². The molecule has 200 valence electrons. The van der Waals surface area contributed by atoms with Crippen LogP contribution in [0.1, 0.15) is 17.8 Å². The molecule has 0 radical (unpaired) electrons. The summed E-state index contributed by atoms with van der Waals surface area (Å²) in [4.78, 5) is 0. The second-order valence-corrected chi connectivity index (χ2v) is 10.2. The summed E-state index contributed by atoms with van der Waals surface area (Å²) in [7, 11) is 0. The largest absolute Gasteiger partial charge is 0.456 e. The van der Waals surface area contributed by atoms with Crippen LogP contribution in [0.5, 0.6) is 0 Å². The molecule has 0 amide bonds. The monoisotopic (exact) mass is 559 g/mol. The Balaban J connectivity index is 1.43. The average Bonchev–Trinajstić information content (AvgIpc) is 3.62. The van der Waals surface area contributed by atoms with E-state index in [1.807, 2.05) is 6.07 Å². The van der Waals surface area contributed by atoms with Crippen molar-refractivity contribution in [2.45, 2.75) is 0 Å². The highest BCUT2D eigenvalue weighted by Crippen LogP contribution is 2.45. The minimum absolute atomic E-state index is 0.0113. The van der Waals surface area contributed by atoms with Crippen LogP contribution in [0.2, 0.25) is 0 Å². The lowest BCUT2D eigenvalue weighted by Gasteiger charge is -2.18. The molecule has 43 heavy (non-hydrogen) atoms. The van der Waals surface area contributed by atoms with Crippen LogP contribution < -0.4 is 0 Å². The summed E-state index contributed by atoms with van der Waals surface area (Å²) in [5.74, 6) is 0. The van der Waals surface area contributed by atoms with Gasteiger partial charge in [0.05, 0.1) is 17.8 Å². The van der Waals surface area contributed by atoms with Gasteiger partial charge in [0.25, 0.3) is 0 Å². The highest BCUT2D eigenvalue weighted by molar-refractivity contribution is 6.22. The molecule has 0 aliphatic carbocycles. The second kappa shape index (κ2) is 9.44. The van der Waals surface area contributed by atoms with Crippen molar-refractivity contribution in [3.05, 3.63) is 157 Å². The van der Waals surface area contributed by atoms with Crippen LogP contribution >= 0.6 is 0 Å². The van der Waals surface area contributed by atoms with Crippen molar-refractivity contribution in [3.8, 4) is 33.4 Å². The van der Waals surface area contributed by atoms with Crippen LogP contribution in [-0.2, 0) is 0 Å². The van der Waals surface area contributed by atoms with Gasteiger partial charge in [0, 0.05) is 10.8 Å². The Morgan fingerprint density at radius 1 is 0.372 bits per heavy atom. The zero-order chi connectivity index (χ0) is 39.6. The molecule has 9 rings (SSSR count). The van der Waals surface area contributed by atoms with Gasteiger partial charge in [-0.05, 0) is 95.9 Å². The molecule has 0 saturated heterocycles. The highest BCUT2D eigenvalue weighted by Gasteiger charge is 2.18. The van der Waals surface area contributed by atoms with E-state index < -0.39 is 42.3 Å². The predicted molar refractivity (Wildman–Crippen MR) is 183 cm³/mol. The van der Waals surface area contributed by atoms with Gasteiger partial charge in [0.2, 0.25) is 0 Å². The first-order valence-corrected chi connectivity index (χ1v) is 13.7. The van der Waals surface area contributed by atoms with Crippen LogP contribution in [0.3, 0.4) is 0 Å². The molecule has 0 bridgehead atoms. The van der Waals surface area contributed by atoms with E-state index in [1.54, 1.807) is 72.8 Å². The van der Waals surface area contributed by atoms with Gasteiger partial charge in [0.1, 0.15) is 11.2 Å². The lowest BCUT2D eigenvalue weighted by molar-refractivity contribution is 0.669. The first-order chi connectivity index (χ1) is 26.8. The van der Waals surface area contributed by atoms with Crippen molar-refractivity contribution in [1.82, 2.24) is 0 Å². The van der Waals surface area contributed by atoms with Gasteiger partial charge in [-0.1, -0.05) is 127 Å². The Labute approximate surface area is 267 Å². The van der Waals surface area contributed by atoms with Gasteiger partial charge in [-0.2, -0.15) is 0 Å². The third kappa shape index (κ3) is 3.79. The van der Waals surface area contributed by atoms with Crippen LogP contribution in [-0.4, -0.2) is 0 Å². The maximum Gasteiger partial charge on any atom is 0.136 e. The fourth-order valence-corrected chi connectivity index (χ4v) is 5.86. The van der Waals surface area contributed by atoms with Gasteiger partial charge in [-0.3, -0.25) is 0 Å². The molecule has 0 fully saturated rings. The summed E-state index contributed by atoms with van der Waals surface area (Å²) in [5, 5.41) is 1.44. The molecule has 0 unspecified atom stereocenters. The van der Waals surface area contributed by atoms with E-state index in [0.29, 0.717) is 38.2 Å². The Morgan fingerprint density at radius 2 is 0.930 bits per heavy atom. The molecular weight excluding hydrogens is 520 g/mol. The minimum atomic E-state index is -0.582. The first-order valence-electron chi connectivity index (χ1n) is 20.2. The standard InChI is InChI=1S/C42H26O/c1-2-11-27(12-3-1)28-15-10-16-31(23-28)41-34-17-6-8-19-36(34)42(37-20-9-7-18-35(37)41)32-21-22-33-38-24-29-13-4-5-14-30(29)25-40(38)43-39(33)26-32/h1-26H/i4D,5D,10D,13D,14D,15D,16D,21D,22D,23D,24D,25D,26D. The van der Waals surface area contributed by atoms with E-state index in [1.165, 1.54) is 0 Å². The quantitative estimate of drug-likeness (QED) is 0.196. The number of hydrogen-bond donors (Lipinski definition) is 0. The van der Waals surface area contributed by atoms with Crippen molar-refractivity contribution in [1.29, 1.82) is 0 Å². The minimum Gasteiger partial charge on any atom is -0.456 e. The molecule has 0 aliphatic rings. The molecule has 0 spiro atoms. The van der Waals surface area contributed by atoms with Gasteiger partial charge >= 0.3 is 0 Å². The predicted octanol–water partition coefficient (Wildman–Crippen LogP) is 12.0. The summed E-state index contributed by atoms with van der Waals surface area (Å²) < 4.78 is 122. The smallest absolute Gasteiger partial charge is 0.136 e. The lowest BCUT2D eigenvalue weighted by Crippen LogP contribution is -1.91. The van der Waals surface area contributed by atoms with Crippen molar-refractivity contribution >= 4 is 54.3 Å². The summed E-state index contributed by atoms with van der Waals surface area (Å²) in [6, 6.07) is 18.0. The molecule has 0 aliphatic heterocycles. The third-order valence-corrected chi connectivity index (χ3v) is 7.75. The number of benzene rings is 8. The Kier molecular flexibility index (Phi) is 3.18. The number of furan rings is 1. The molecular formula is C42H26O. The maximum absolute atomic E-state index is 9.57. The van der Waals surface area contributed by atoms with Gasteiger partial charge in [-0.15, -0.1) is 0 Å². The van der Waals surface area contributed by atoms with E-state index in [9.17, 15) is 5.48 Å². The molecule has 0 atom stereocenters. The highest BCUT2D eigenvalue weighted by atomic mass is 16.3. The molecule has 1 heterocycles. The van der Waals surface area contributed by atoms with Crippen LogP contribution in [0.25, 0.3) is 87.6 Å². The topological polar surface area (TPSA) is 13.1 Å². The van der Waals surface area contributed by atoms with Crippen molar-refractivity contribution < 1.29 is 22.2 Å². The molecule has 0 N–H and O–H groups in total. The normalized spacial score (nSPS) is 16.0. The SMILES string of the molecule is [2H]c1c([2H])c(-c2ccccc2)c([2H])c(-c2c3ccccc3c(-c3c([2H])c([2H])c4c(oc5c([2H])c6c([2H])c([2H])c([2H])c([2H])c6c([2H])c54)c3[2H])c3ccccc23)c1[2H]. The van der Waals surface area contributed by atoms with Crippen LogP contribution in [0, 0.1) is 0 Å². The van der Waals surface area contributed by atoms with E-state index in [4.69, 9.17) is 16.8 Å². The van der Waals surface area contributed by atoms with Gasteiger partial charge in [-0.25, -0.2) is 0 Å². The number of rotatable bonds is 3. The molecule has 0 saturated carbocycles. The maximum atomic E-state index is 9.57. The molecule has 8 aromatic carbocycles. The fraction of sp³-hybridized carbons (Fsp3) is 0. The number of fused-ring (bicyclic) bond motifs is 6. The summed E-state index contributed by atoms with van der Waals surface area (Å²) in [6.07, 6.45) is 0. The van der Waals surface area contributed by atoms with E-state index in [-0.39, 0.29) is 85.7 Å². The van der Waals surface area contributed by atoms with Crippen LogP contribution in [0.15, 0.2) is 162 Å². The summed E-state index contributed by atoms with van der Waals surface area (Å²) >= 11 is 0. The molecule has 1 aromatic heterocycles.